The van der Waals surface area contributed by atoms with Crippen LogP contribution in [0, 0.1) is 17.3 Å². The summed E-state index contributed by atoms with van der Waals surface area (Å²) in [6, 6.07) is 16.8. The number of rotatable bonds is 11. The predicted octanol–water partition coefficient (Wildman–Crippen LogP) is 4.94. The summed E-state index contributed by atoms with van der Waals surface area (Å²) in [6.45, 7) is 5.82. The topological polar surface area (TPSA) is 102 Å². The molecule has 0 aromatic heterocycles. The number of para-hydroxylation sites is 1. The molecule has 3 rings (SSSR count). The summed E-state index contributed by atoms with van der Waals surface area (Å²) < 4.78 is 11.2. The van der Waals surface area contributed by atoms with Crippen LogP contribution in [0.2, 0.25) is 0 Å². The van der Waals surface area contributed by atoms with E-state index >= 15 is 0 Å². The average molecular weight is 468 g/mol. The van der Waals surface area contributed by atoms with Crippen molar-refractivity contribution in [2.45, 2.75) is 59.1 Å². The molecule has 2 aromatic rings. The molecule has 0 aliphatic heterocycles. The van der Waals surface area contributed by atoms with Crippen molar-refractivity contribution in [2.75, 3.05) is 0 Å². The molecule has 182 valence electrons. The Hall–Kier alpha value is -3.35. The van der Waals surface area contributed by atoms with Gasteiger partial charge in [0.25, 0.3) is 0 Å². The maximum atomic E-state index is 13.2. The average Bonchev–Trinajstić information content (AvgIpc) is 2.80. The van der Waals surface area contributed by atoms with Gasteiger partial charge in [0.15, 0.2) is 0 Å². The second-order valence-corrected chi connectivity index (χ2v) is 8.93. The number of carboxylic acid groups (broad SMARTS) is 1. The molecular weight excluding hydrogens is 434 g/mol. The number of nitrogens with one attached hydrogen (secondary N) is 1. The molecule has 0 saturated heterocycles. The Morgan fingerprint density at radius 3 is 2.29 bits per heavy atom. The molecular formula is C27H33NO6. The van der Waals surface area contributed by atoms with Gasteiger partial charge in [-0.05, 0) is 56.0 Å². The van der Waals surface area contributed by atoms with Crippen molar-refractivity contribution in [3.8, 4) is 11.5 Å². The minimum atomic E-state index is -1.14. The molecule has 1 amide bonds. The van der Waals surface area contributed by atoms with Crippen LogP contribution >= 0.6 is 0 Å². The van der Waals surface area contributed by atoms with E-state index in [9.17, 15) is 19.5 Å². The number of aliphatic carboxylic acids is 1. The molecule has 2 aromatic carbocycles. The highest BCUT2D eigenvalue weighted by atomic mass is 16.5. The summed E-state index contributed by atoms with van der Waals surface area (Å²) in [5, 5.41) is 12.8. The highest BCUT2D eigenvalue weighted by Crippen LogP contribution is 2.55. The second kappa shape index (κ2) is 11.2. The van der Waals surface area contributed by atoms with Crippen LogP contribution < -0.4 is 10.1 Å². The fraction of sp³-hybridized carbons (Fsp3) is 0.444. The van der Waals surface area contributed by atoms with E-state index in [1.807, 2.05) is 68.4 Å². The van der Waals surface area contributed by atoms with Gasteiger partial charge in [-0.15, -0.1) is 0 Å². The third-order valence-corrected chi connectivity index (χ3v) is 6.55. The van der Waals surface area contributed by atoms with Gasteiger partial charge in [-0.2, -0.15) is 0 Å². The van der Waals surface area contributed by atoms with E-state index in [1.165, 1.54) is 0 Å². The summed E-state index contributed by atoms with van der Waals surface area (Å²) in [5.74, 6) is -2.49. The van der Waals surface area contributed by atoms with Crippen molar-refractivity contribution in [2.24, 2.45) is 17.3 Å². The molecule has 1 saturated carbocycles. The first-order valence-corrected chi connectivity index (χ1v) is 11.8. The Bertz CT molecular complexity index is 990. The molecule has 0 heterocycles. The number of esters is 1. The number of ether oxygens (including phenoxy) is 2. The van der Waals surface area contributed by atoms with E-state index in [1.54, 1.807) is 6.92 Å². The number of amides is 1. The zero-order chi connectivity index (χ0) is 24.7. The number of hydrogen-bond donors (Lipinski definition) is 2. The van der Waals surface area contributed by atoms with Crippen molar-refractivity contribution in [3.05, 3.63) is 60.2 Å². The van der Waals surface area contributed by atoms with Gasteiger partial charge >= 0.3 is 11.9 Å². The minimum absolute atomic E-state index is 0.183. The van der Waals surface area contributed by atoms with Crippen LogP contribution in [0.15, 0.2) is 54.6 Å². The van der Waals surface area contributed by atoms with Crippen molar-refractivity contribution in [3.63, 3.8) is 0 Å². The van der Waals surface area contributed by atoms with E-state index < -0.39 is 29.2 Å². The van der Waals surface area contributed by atoms with Gasteiger partial charge in [-0.3, -0.25) is 14.4 Å². The van der Waals surface area contributed by atoms with Gasteiger partial charge in [0, 0.05) is 6.54 Å². The molecule has 0 bridgehead atoms. The first-order chi connectivity index (χ1) is 16.3. The molecule has 7 nitrogen and oxygen atoms in total. The number of carboxylic acids is 1. The zero-order valence-electron chi connectivity index (χ0n) is 20.0. The van der Waals surface area contributed by atoms with E-state index in [0.29, 0.717) is 25.0 Å². The molecule has 4 atom stereocenters. The largest absolute Gasteiger partial charge is 0.481 e. The van der Waals surface area contributed by atoms with Gasteiger partial charge in [-0.25, -0.2) is 0 Å². The lowest BCUT2D eigenvalue weighted by atomic mass is 9.51. The zero-order valence-corrected chi connectivity index (χ0v) is 20.0. The van der Waals surface area contributed by atoms with Gasteiger partial charge < -0.3 is 19.9 Å². The van der Waals surface area contributed by atoms with Crippen LogP contribution in [-0.4, -0.2) is 29.1 Å². The number of carbonyl (C=O) groups is 3. The second-order valence-electron chi connectivity index (χ2n) is 8.93. The molecule has 7 heteroatoms. The molecule has 4 unspecified atom stereocenters. The lowest BCUT2D eigenvalue weighted by Gasteiger charge is -2.50. The maximum absolute atomic E-state index is 13.2. The third-order valence-electron chi connectivity index (χ3n) is 6.55. The summed E-state index contributed by atoms with van der Waals surface area (Å²) >= 11 is 0. The van der Waals surface area contributed by atoms with E-state index in [0.717, 1.165) is 11.3 Å². The Morgan fingerprint density at radius 2 is 1.71 bits per heavy atom. The number of benzene rings is 2. The van der Waals surface area contributed by atoms with Crippen LogP contribution in [0.4, 0.5) is 0 Å². The first kappa shape index (κ1) is 25.3. The Kier molecular flexibility index (Phi) is 8.31. The summed E-state index contributed by atoms with van der Waals surface area (Å²) in [5.41, 5.74) is -0.254. The summed E-state index contributed by atoms with van der Waals surface area (Å²) in [6.07, 6.45) is 1.57. The smallest absolute Gasteiger partial charge is 0.310 e. The van der Waals surface area contributed by atoms with Gasteiger partial charge in [0.1, 0.15) is 11.5 Å². The van der Waals surface area contributed by atoms with Crippen molar-refractivity contribution >= 4 is 17.8 Å². The van der Waals surface area contributed by atoms with Crippen LogP contribution in [0.1, 0.15) is 52.0 Å². The molecule has 2 N–H and O–H groups in total. The van der Waals surface area contributed by atoms with E-state index in [4.69, 9.17) is 9.47 Å². The molecule has 34 heavy (non-hydrogen) atoms. The van der Waals surface area contributed by atoms with E-state index in [2.05, 4.69) is 5.32 Å². The van der Waals surface area contributed by atoms with Crippen LogP contribution in [-0.2, 0) is 25.7 Å². The van der Waals surface area contributed by atoms with Gasteiger partial charge in [-0.1, -0.05) is 50.6 Å². The van der Waals surface area contributed by atoms with Gasteiger partial charge in [0.05, 0.1) is 23.4 Å². The molecule has 1 fully saturated rings. The van der Waals surface area contributed by atoms with Crippen LogP contribution in [0.3, 0.4) is 0 Å². The Labute approximate surface area is 200 Å². The minimum Gasteiger partial charge on any atom is -0.481 e. The normalized spacial score (nSPS) is 22.2. The standard InChI is InChI=1S/C27H33NO6/c1-4-15-27(16-22(23(27)24(29)30)25(31)33-18(3)5-2)26(32)28-17-19-11-13-21(14-12-19)34-20-9-7-6-8-10-20/h6-14,18,22-23H,4-5,15-17H2,1-3H3,(H,28,32)(H,29,30). The highest BCUT2D eigenvalue weighted by Gasteiger charge is 2.64. The quantitative estimate of drug-likeness (QED) is 0.454. The fourth-order valence-corrected chi connectivity index (χ4v) is 4.57. The summed E-state index contributed by atoms with van der Waals surface area (Å²) in [4.78, 5) is 37.9. The Morgan fingerprint density at radius 1 is 1.06 bits per heavy atom. The highest BCUT2D eigenvalue weighted by molar-refractivity contribution is 5.95. The first-order valence-electron chi connectivity index (χ1n) is 11.8. The lowest BCUT2D eigenvalue weighted by Crippen LogP contribution is -2.61. The fourth-order valence-electron chi connectivity index (χ4n) is 4.57. The number of hydrogen-bond acceptors (Lipinski definition) is 5. The van der Waals surface area contributed by atoms with E-state index in [-0.39, 0.29) is 25.0 Å². The molecule has 0 spiro atoms. The number of carbonyl (C=O) groups excluding carboxylic acids is 2. The molecule has 1 aliphatic rings. The Balaban J connectivity index is 1.65. The predicted molar refractivity (Wildman–Crippen MR) is 127 cm³/mol. The monoisotopic (exact) mass is 467 g/mol. The SMILES string of the molecule is CCCC1(C(=O)NCc2ccc(Oc3ccccc3)cc2)CC(C(=O)OC(C)CC)C1C(=O)O. The van der Waals surface area contributed by atoms with Crippen molar-refractivity contribution in [1.82, 2.24) is 5.32 Å². The molecule has 1 aliphatic carbocycles. The maximum Gasteiger partial charge on any atom is 0.310 e. The van der Waals surface area contributed by atoms with Gasteiger partial charge in [0.2, 0.25) is 5.91 Å². The van der Waals surface area contributed by atoms with Crippen LogP contribution in [0.25, 0.3) is 0 Å². The molecule has 0 radical (unpaired) electrons. The van der Waals surface area contributed by atoms with Crippen LogP contribution in [0.5, 0.6) is 11.5 Å². The van der Waals surface area contributed by atoms with Crippen molar-refractivity contribution in [1.29, 1.82) is 0 Å². The lowest BCUT2D eigenvalue weighted by molar-refractivity contribution is -0.188. The van der Waals surface area contributed by atoms with Crippen molar-refractivity contribution < 1.29 is 29.0 Å². The third kappa shape index (κ3) is 5.58. The summed E-state index contributed by atoms with van der Waals surface area (Å²) in [7, 11) is 0.